The number of piperazine rings is 1. The van der Waals surface area contributed by atoms with Crippen LogP contribution in [-0.2, 0) is 14.4 Å². The summed E-state index contributed by atoms with van der Waals surface area (Å²) in [7, 11) is 0. The van der Waals surface area contributed by atoms with E-state index in [0.29, 0.717) is 49.7 Å². The van der Waals surface area contributed by atoms with Gasteiger partial charge < -0.3 is 15.5 Å². The van der Waals surface area contributed by atoms with Gasteiger partial charge in [0.15, 0.2) is 0 Å². The van der Waals surface area contributed by atoms with Crippen molar-refractivity contribution in [3.8, 4) is 0 Å². The van der Waals surface area contributed by atoms with Crippen molar-refractivity contribution >= 4 is 41.0 Å². The minimum absolute atomic E-state index is 0.0851. The van der Waals surface area contributed by atoms with Crippen LogP contribution in [0.3, 0.4) is 0 Å². The van der Waals surface area contributed by atoms with Crippen LogP contribution >= 0.6 is 11.6 Å². The Labute approximate surface area is 192 Å². The number of anilines is 1. The summed E-state index contributed by atoms with van der Waals surface area (Å²) in [5.41, 5.74) is -0.163. The molecule has 10 heteroatoms. The molecule has 2 heterocycles. The molecule has 32 heavy (non-hydrogen) atoms. The van der Waals surface area contributed by atoms with Gasteiger partial charge in [0.25, 0.3) is 5.91 Å². The molecule has 0 aromatic heterocycles. The summed E-state index contributed by atoms with van der Waals surface area (Å²) in [6, 6.07) is 6.68. The van der Waals surface area contributed by atoms with Crippen LogP contribution in [0.5, 0.6) is 0 Å². The maximum absolute atomic E-state index is 12.7. The molecule has 1 spiro atoms. The zero-order chi connectivity index (χ0) is 22.7. The van der Waals surface area contributed by atoms with Gasteiger partial charge in [0.05, 0.1) is 17.3 Å². The third-order valence-electron chi connectivity index (χ3n) is 6.49. The molecule has 1 aromatic rings. The van der Waals surface area contributed by atoms with Crippen molar-refractivity contribution in [1.29, 1.82) is 0 Å². The van der Waals surface area contributed by atoms with Gasteiger partial charge in [-0.2, -0.15) is 0 Å². The number of hydrogen-bond acceptors (Lipinski definition) is 5. The Hall–Kier alpha value is -2.65. The molecule has 3 aliphatic rings. The van der Waals surface area contributed by atoms with Crippen molar-refractivity contribution in [3.63, 3.8) is 0 Å². The maximum Gasteiger partial charge on any atom is 0.325 e. The highest BCUT2D eigenvalue weighted by Gasteiger charge is 2.52. The summed E-state index contributed by atoms with van der Waals surface area (Å²) in [4.78, 5) is 54.8. The molecule has 2 saturated heterocycles. The Bertz CT molecular complexity index is 909. The SMILES string of the molecule is O=C(CN1CCN(C(=O)CCN2C(=O)NC3(CCCC3)C2=O)CC1)Nc1ccccc1Cl. The number of halogens is 1. The topological polar surface area (TPSA) is 102 Å². The Balaban J connectivity index is 1.20. The Morgan fingerprint density at radius 2 is 1.75 bits per heavy atom. The monoisotopic (exact) mass is 461 g/mol. The van der Waals surface area contributed by atoms with E-state index in [1.54, 1.807) is 29.2 Å². The molecule has 4 rings (SSSR count). The number of urea groups is 1. The molecule has 1 aromatic carbocycles. The first kappa shape index (κ1) is 22.5. The summed E-state index contributed by atoms with van der Waals surface area (Å²) in [6.07, 6.45) is 3.32. The standard InChI is InChI=1S/C22H28ClN5O4/c23-16-5-1-2-6-17(16)24-18(29)15-26-11-13-27(14-12-26)19(30)7-10-28-20(31)22(25-21(28)32)8-3-4-9-22/h1-2,5-6H,3-4,7-15H2,(H,24,29)(H,25,32). The van der Waals surface area contributed by atoms with Crippen LogP contribution in [0.1, 0.15) is 32.1 Å². The minimum atomic E-state index is -0.740. The van der Waals surface area contributed by atoms with Crippen molar-refractivity contribution in [3.05, 3.63) is 29.3 Å². The van der Waals surface area contributed by atoms with Crippen LogP contribution < -0.4 is 10.6 Å². The van der Waals surface area contributed by atoms with Gasteiger partial charge >= 0.3 is 6.03 Å². The van der Waals surface area contributed by atoms with E-state index in [2.05, 4.69) is 10.6 Å². The third kappa shape index (κ3) is 4.73. The first-order chi connectivity index (χ1) is 15.4. The predicted molar refractivity (Wildman–Crippen MR) is 119 cm³/mol. The molecule has 0 unspecified atom stereocenters. The smallest absolute Gasteiger partial charge is 0.325 e. The van der Waals surface area contributed by atoms with Gasteiger partial charge in [-0.1, -0.05) is 36.6 Å². The first-order valence-electron chi connectivity index (χ1n) is 11.1. The molecule has 172 valence electrons. The normalized spacial score (nSPS) is 20.7. The summed E-state index contributed by atoms with van der Waals surface area (Å²) in [5, 5.41) is 6.13. The zero-order valence-electron chi connectivity index (χ0n) is 17.9. The Morgan fingerprint density at radius 3 is 2.44 bits per heavy atom. The number of nitrogens with one attached hydrogen (secondary N) is 2. The average Bonchev–Trinajstić information content (AvgIpc) is 3.33. The molecule has 3 fully saturated rings. The molecule has 0 atom stereocenters. The van der Waals surface area contributed by atoms with Crippen molar-refractivity contribution < 1.29 is 19.2 Å². The number of carbonyl (C=O) groups is 4. The van der Waals surface area contributed by atoms with Crippen molar-refractivity contribution in [2.75, 3.05) is 44.6 Å². The number of para-hydroxylation sites is 1. The predicted octanol–water partition coefficient (Wildman–Crippen LogP) is 1.68. The fourth-order valence-electron chi connectivity index (χ4n) is 4.67. The number of amides is 5. The fraction of sp³-hybridized carbons (Fsp3) is 0.545. The van der Waals surface area contributed by atoms with Gasteiger partial charge in [0.1, 0.15) is 5.54 Å². The van der Waals surface area contributed by atoms with Crippen LogP contribution in [0.2, 0.25) is 5.02 Å². The molecular weight excluding hydrogens is 434 g/mol. The van der Waals surface area contributed by atoms with E-state index in [-0.39, 0.29) is 43.3 Å². The largest absolute Gasteiger partial charge is 0.340 e. The highest BCUT2D eigenvalue weighted by atomic mass is 35.5. The van der Waals surface area contributed by atoms with E-state index < -0.39 is 5.54 Å². The third-order valence-corrected chi connectivity index (χ3v) is 6.82. The second-order valence-electron chi connectivity index (χ2n) is 8.61. The van der Waals surface area contributed by atoms with E-state index in [1.807, 2.05) is 4.90 Å². The minimum Gasteiger partial charge on any atom is -0.340 e. The van der Waals surface area contributed by atoms with Gasteiger partial charge in [0.2, 0.25) is 11.8 Å². The Morgan fingerprint density at radius 1 is 1.06 bits per heavy atom. The van der Waals surface area contributed by atoms with Crippen LogP contribution in [0.4, 0.5) is 10.5 Å². The van der Waals surface area contributed by atoms with Crippen molar-refractivity contribution in [2.24, 2.45) is 0 Å². The van der Waals surface area contributed by atoms with E-state index in [4.69, 9.17) is 11.6 Å². The number of imide groups is 1. The van der Waals surface area contributed by atoms with E-state index in [0.717, 1.165) is 12.8 Å². The fourth-order valence-corrected chi connectivity index (χ4v) is 4.86. The molecule has 2 aliphatic heterocycles. The van der Waals surface area contributed by atoms with Crippen LogP contribution in [0, 0.1) is 0 Å². The van der Waals surface area contributed by atoms with Crippen LogP contribution in [0.15, 0.2) is 24.3 Å². The molecule has 0 bridgehead atoms. The number of carbonyl (C=O) groups excluding carboxylic acids is 4. The lowest BCUT2D eigenvalue weighted by molar-refractivity contribution is -0.134. The Kier molecular flexibility index (Phi) is 6.66. The van der Waals surface area contributed by atoms with E-state index in [9.17, 15) is 19.2 Å². The average molecular weight is 462 g/mol. The zero-order valence-corrected chi connectivity index (χ0v) is 18.7. The highest BCUT2D eigenvalue weighted by Crippen LogP contribution is 2.35. The summed E-state index contributed by atoms with van der Waals surface area (Å²) >= 11 is 6.07. The lowest BCUT2D eigenvalue weighted by Gasteiger charge is -2.34. The molecule has 5 amide bonds. The van der Waals surface area contributed by atoms with Gasteiger partial charge in [-0.15, -0.1) is 0 Å². The van der Waals surface area contributed by atoms with Crippen molar-refractivity contribution in [2.45, 2.75) is 37.6 Å². The second kappa shape index (κ2) is 9.46. The van der Waals surface area contributed by atoms with Gasteiger partial charge in [-0.05, 0) is 25.0 Å². The second-order valence-corrected chi connectivity index (χ2v) is 9.02. The lowest BCUT2D eigenvalue weighted by Crippen LogP contribution is -2.51. The quantitative estimate of drug-likeness (QED) is 0.627. The van der Waals surface area contributed by atoms with Crippen molar-refractivity contribution in [1.82, 2.24) is 20.0 Å². The lowest BCUT2D eigenvalue weighted by atomic mass is 9.98. The molecule has 1 saturated carbocycles. The number of rotatable bonds is 6. The number of nitrogens with zero attached hydrogens (tertiary/aromatic N) is 3. The number of benzene rings is 1. The van der Waals surface area contributed by atoms with E-state index >= 15 is 0 Å². The summed E-state index contributed by atoms with van der Waals surface area (Å²) < 4.78 is 0. The van der Waals surface area contributed by atoms with Crippen LogP contribution in [0.25, 0.3) is 0 Å². The maximum atomic E-state index is 12.7. The van der Waals surface area contributed by atoms with Crippen LogP contribution in [-0.4, -0.2) is 83.3 Å². The molecule has 2 N–H and O–H groups in total. The van der Waals surface area contributed by atoms with E-state index in [1.165, 1.54) is 4.90 Å². The first-order valence-corrected chi connectivity index (χ1v) is 11.4. The molecule has 9 nitrogen and oxygen atoms in total. The highest BCUT2D eigenvalue weighted by molar-refractivity contribution is 6.33. The summed E-state index contributed by atoms with van der Waals surface area (Å²) in [5.74, 6) is -0.433. The summed E-state index contributed by atoms with van der Waals surface area (Å²) in [6.45, 7) is 2.48. The molecular formula is C22H28ClN5O4. The molecule has 1 aliphatic carbocycles. The van der Waals surface area contributed by atoms with Gasteiger partial charge in [-0.25, -0.2) is 4.79 Å². The number of hydrogen-bond donors (Lipinski definition) is 2. The van der Waals surface area contributed by atoms with Gasteiger partial charge in [-0.3, -0.25) is 24.2 Å². The van der Waals surface area contributed by atoms with Gasteiger partial charge in [0, 0.05) is 39.1 Å². The molecule has 0 radical (unpaired) electrons.